The molecule has 16 heavy (non-hydrogen) atoms. The van der Waals surface area contributed by atoms with Crippen LogP contribution in [0.1, 0.15) is 16.2 Å². The van der Waals surface area contributed by atoms with Crippen molar-refractivity contribution < 1.29 is 14.3 Å². The molecule has 0 fully saturated rings. The first kappa shape index (κ1) is 10.8. The van der Waals surface area contributed by atoms with E-state index in [2.05, 4.69) is 5.10 Å². The summed E-state index contributed by atoms with van der Waals surface area (Å²) in [5.74, 6) is -0.429. The topological polar surface area (TPSA) is 68.3 Å². The van der Waals surface area contributed by atoms with Gasteiger partial charge in [-0.05, 0) is 18.2 Å². The normalized spacial score (nSPS) is 10.6. The summed E-state index contributed by atoms with van der Waals surface area (Å²) in [7, 11) is 1.85. The molecule has 5 nitrogen and oxygen atoms in total. The number of carboxylic acids is 1. The fourth-order valence-electron chi connectivity index (χ4n) is 1.20. The van der Waals surface area contributed by atoms with Gasteiger partial charge < -0.3 is 9.52 Å². The number of nitrogens with zero attached hydrogens (tertiary/aromatic N) is 2. The average molecular weight is 238 g/mol. The molecule has 0 saturated carbocycles. The number of hydrogen-bond acceptors (Lipinski definition) is 4. The maximum atomic E-state index is 10.6. The summed E-state index contributed by atoms with van der Waals surface area (Å²) >= 11 is 1.42. The number of furan rings is 1. The zero-order valence-corrected chi connectivity index (χ0v) is 9.40. The van der Waals surface area contributed by atoms with Gasteiger partial charge in [0.25, 0.3) is 0 Å². The Morgan fingerprint density at radius 1 is 1.56 bits per heavy atom. The van der Waals surface area contributed by atoms with Crippen molar-refractivity contribution in [3.05, 3.63) is 35.9 Å². The van der Waals surface area contributed by atoms with E-state index in [-0.39, 0.29) is 5.76 Å². The molecule has 0 aliphatic heterocycles. The third-order valence-corrected chi connectivity index (χ3v) is 2.87. The zero-order chi connectivity index (χ0) is 11.5. The summed E-state index contributed by atoms with van der Waals surface area (Å²) in [4.78, 5) is 10.6. The first-order chi connectivity index (χ1) is 7.65. The monoisotopic (exact) mass is 238 g/mol. The molecule has 0 radical (unpaired) electrons. The summed E-state index contributed by atoms with van der Waals surface area (Å²) in [5, 5.41) is 13.5. The van der Waals surface area contributed by atoms with Gasteiger partial charge in [0.2, 0.25) is 5.76 Å². The fraction of sp³-hybridized carbons (Fsp3) is 0.200. The lowest BCUT2D eigenvalue weighted by Crippen LogP contribution is -1.91. The molecule has 0 aromatic carbocycles. The summed E-state index contributed by atoms with van der Waals surface area (Å²) < 4.78 is 6.83. The Bertz CT molecular complexity index is 504. The van der Waals surface area contributed by atoms with Crippen molar-refractivity contribution in [1.82, 2.24) is 9.78 Å². The number of hydrogen-bond donors (Lipinski definition) is 1. The standard InChI is InChI=1S/C10H10N2O3S/c1-12-5-4-7(11-12)6-16-9-3-2-8(15-9)10(13)14/h2-5H,6H2,1H3,(H,13,14). The molecule has 0 bridgehead atoms. The SMILES string of the molecule is Cn1ccc(CSc2ccc(C(=O)O)o2)n1. The van der Waals surface area contributed by atoms with Gasteiger partial charge in [0, 0.05) is 19.0 Å². The van der Waals surface area contributed by atoms with E-state index < -0.39 is 5.97 Å². The zero-order valence-electron chi connectivity index (χ0n) is 8.58. The van der Waals surface area contributed by atoms with Crippen LogP contribution < -0.4 is 0 Å². The first-order valence-electron chi connectivity index (χ1n) is 4.59. The second-order valence-electron chi connectivity index (χ2n) is 3.19. The Labute approximate surface area is 96.1 Å². The van der Waals surface area contributed by atoms with Crippen LogP contribution in [-0.2, 0) is 12.8 Å². The minimum absolute atomic E-state index is 0.0384. The predicted molar refractivity (Wildman–Crippen MR) is 58.4 cm³/mol. The molecular formula is C10H10N2O3S. The largest absolute Gasteiger partial charge is 0.475 e. The Morgan fingerprint density at radius 2 is 2.38 bits per heavy atom. The minimum atomic E-state index is -1.05. The van der Waals surface area contributed by atoms with Crippen LogP contribution in [0.3, 0.4) is 0 Å². The number of aryl methyl sites for hydroxylation is 1. The lowest BCUT2D eigenvalue weighted by atomic mass is 10.5. The van der Waals surface area contributed by atoms with Crippen LogP contribution in [0.4, 0.5) is 0 Å². The van der Waals surface area contributed by atoms with Gasteiger partial charge in [-0.1, -0.05) is 11.8 Å². The van der Waals surface area contributed by atoms with Gasteiger partial charge in [0.15, 0.2) is 5.09 Å². The van der Waals surface area contributed by atoms with Crippen molar-refractivity contribution in [3.63, 3.8) is 0 Å². The Morgan fingerprint density at radius 3 is 2.94 bits per heavy atom. The summed E-state index contributed by atoms with van der Waals surface area (Å²) in [5.41, 5.74) is 0.931. The van der Waals surface area contributed by atoms with Gasteiger partial charge >= 0.3 is 5.97 Å². The van der Waals surface area contributed by atoms with E-state index >= 15 is 0 Å². The highest BCUT2D eigenvalue weighted by molar-refractivity contribution is 7.98. The molecule has 2 rings (SSSR count). The molecule has 0 aliphatic rings. The molecule has 2 aromatic rings. The van der Waals surface area contributed by atoms with Gasteiger partial charge in [-0.15, -0.1) is 0 Å². The summed E-state index contributed by atoms with van der Waals surface area (Å²) in [6, 6.07) is 5.01. The molecule has 2 aromatic heterocycles. The molecule has 0 saturated heterocycles. The second kappa shape index (κ2) is 4.44. The molecule has 2 heterocycles. The highest BCUT2D eigenvalue weighted by Gasteiger charge is 2.09. The quantitative estimate of drug-likeness (QED) is 0.825. The van der Waals surface area contributed by atoms with Gasteiger partial charge in [0.05, 0.1) is 5.69 Å². The van der Waals surface area contributed by atoms with Crippen LogP contribution in [0.15, 0.2) is 33.9 Å². The average Bonchev–Trinajstić information content (AvgIpc) is 2.83. The lowest BCUT2D eigenvalue weighted by molar-refractivity contribution is 0.0656. The van der Waals surface area contributed by atoms with E-state index in [9.17, 15) is 4.79 Å². The minimum Gasteiger partial charge on any atom is -0.475 e. The Hall–Kier alpha value is -1.69. The van der Waals surface area contributed by atoms with Crippen LogP contribution in [0.25, 0.3) is 0 Å². The van der Waals surface area contributed by atoms with Crippen LogP contribution in [0.5, 0.6) is 0 Å². The second-order valence-corrected chi connectivity index (χ2v) is 4.17. The number of aromatic nitrogens is 2. The van der Waals surface area contributed by atoms with Crippen molar-refractivity contribution in [2.24, 2.45) is 7.05 Å². The first-order valence-corrected chi connectivity index (χ1v) is 5.58. The molecule has 0 spiro atoms. The van der Waals surface area contributed by atoms with Gasteiger partial charge in [-0.3, -0.25) is 4.68 Å². The van der Waals surface area contributed by atoms with Crippen LogP contribution in [0.2, 0.25) is 0 Å². The predicted octanol–water partition coefficient (Wildman–Crippen LogP) is 2.00. The third kappa shape index (κ3) is 2.46. The molecule has 0 amide bonds. The number of aromatic carboxylic acids is 1. The summed E-state index contributed by atoms with van der Waals surface area (Å²) in [6.07, 6.45) is 1.86. The van der Waals surface area contributed by atoms with E-state index in [1.165, 1.54) is 17.8 Å². The van der Waals surface area contributed by atoms with Gasteiger partial charge in [0.1, 0.15) is 0 Å². The molecule has 0 atom stereocenters. The molecule has 0 aliphatic carbocycles. The van der Waals surface area contributed by atoms with Crippen molar-refractivity contribution in [2.45, 2.75) is 10.8 Å². The third-order valence-electron chi connectivity index (χ3n) is 1.92. The van der Waals surface area contributed by atoms with Crippen molar-refractivity contribution >= 4 is 17.7 Å². The van der Waals surface area contributed by atoms with E-state index in [1.807, 2.05) is 19.3 Å². The van der Waals surface area contributed by atoms with E-state index in [0.29, 0.717) is 10.8 Å². The molecule has 1 N–H and O–H groups in total. The number of thioether (sulfide) groups is 1. The molecule has 84 valence electrons. The van der Waals surface area contributed by atoms with Gasteiger partial charge in [-0.25, -0.2) is 4.79 Å². The highest BCUT2D eigenvalue weighted by Crippen LogP contribution is 2.24. The van der Waals surface area contributed by atoms with Gasteiger partial charge in [-0.2, -0.15) is 5.10 Å². The lowest BCUT2D eigenvalue weighted by Gasteiger charge is -1.93. The number of carboxylic acid groups (broad SMARTS) is 1. The van der Waals surface area contributed by atoms with Crippen molar-refractivity contribution in [3.8, 4) is 0 Å². The maximum Gasteiger partial charge on any atom is 0.371 e. The van der Waals surface area contributed by atoms with Crippen molar-refractivity contribution in [2.75, 3.05) is 0 Å². The van der Waals surface area contributed by atoms with E-state index in [4.69, 9.17) is 9.52 Å². The van der Waals surface area contributed by atoms with E-state index in [1.54, 1.807) is 10.7 Å². The smallest absolute Gasteiger partial charge is 0.371 e. The van der Waals surface area contributed by atoms with Crippen molar-refractivity contribution in [1.29, 1.82) is 0 Å². The van der Waals surface area contributed by atoms with Crippen LogP contribution >= 0.6 is 11.8 Å². The number of carbonyl (C=O) groups is 1. The molecule has 0 unspecified atom stereocenters. The Kier molecular flexibility index (Phi) is 3.00. The Balaban J connectivity index is 1.97. The van der Waals surface area contributed by atoms with E-state index in [0.717, 1.165) is 5.69 Å². The fourth-order valence-corrected chi connectivity index (χ4v) is 1.95. The number of rotatable bonds is 4. The van der Waals surface area contributed by atoms with Crippen LogP contribution in [0, 0.1) is 0 Å². The maximum absolute atomic E-state index is 10.6. The molecular weight excluding hydrogens is 228 g/mol. The molecule has 6 heteroatoms. The highest BCUT2D eigenvalue weighted by atomic mass is 32.2. The van der Waals surface area contributed by atoms with Crippen LogP contribution in [-0.4, -0.2) is 20.9 Å². The summed E-state index contributed by atoms with van der Waals surface area (Å²) in [6.45, 7) is 0.